The summed E-state index contributed by atoms with van der Waals surface area (Å²) in [5.41, 5.74) is 4.00. The molecule has 290 valence electrons. The summed E-state index contributed by atoms with van der Waals surface area (Å²) >= 11 is 0. The predicted molar refractivity (Wildman–Crippen MR) is 215 cm³/mol. The molecule has 8 atom stereocenters. The van der Waals surface area contributed by atoms with Crippen LogP contribution in [0.15, 0.2) is 152 Å². The Labute approximate surface area is 334 Å². The lowest BCUT2D eigenvalue weighted by Gasteiger charge is -2.38. The Balaban J connectivity index is 1.04. The summed E-state index contributed by atoms with van der Waals surface area (Å²) in [6, 6.07) is 42.7. The van der Waals surface area contributed by atoms with Gasteiger partial charge in [0.15, 0.2) is 0 Å². The zero-order valence-electron chi connectivity index (χ0n) is 35.1. The topological polar surface area (TPSA) is 120 Å². The van der Waals surface area contributed by atoms with E-state index >= 15 is 0 Å². The molecule has 0 aliphatic carbocycles. The van der Waals surface area contributed by atoms with E-state index in [1.807, 2.05) is 152 Å². The number of esters is 2. The second-order valence-electron chi connectivity index (χ2n) is 14.3. The van der Waals surface area contributed by atoms with E-state index < -0.39 is 86.1 Å². The minimum Gasteiger partial charge on any atom is -0.454 e. The largest absolute Gasteiger partial charge is 0.454 e. The number of morpholine rings is 2. The molecule has 7 rings (SSSR count). The van der Waals surface area contributed by atoms with E-state index in [1.54, 1.807) is 4.90 Å². The van der Waals surface area contributed by atoms with Gasteiger partial charge in [-0.05, 0) is 53.4 Å². The molecule has 5 aromatic carbocycles. The lowest BCUT2D eigenvalue weighted by atomic mass is 9.92. The molecule has 9 heteroatoms. The van der Waals surface area contributed by atoms with Crippen LogP contribution in [0.4, 0.5) is 0 Å². The monoisotopic (exact) mass is 757 g/mol. The lowest BCUT2D eigenvalue weighted by Crippen LogP contribution is -2.49. The summed E-state index contributed by atoms with van der Waals surface area (Å²) in [6.07, 6.45) is -9.44. The molecule has 2 aliphatic rings. The number of hydrogen-bond donors (Lipinski definition) is 4. The minimum absolute atomic E-state index is 0.108. The molecule has 0 spiro atoms. The van der Waals surface area contributed by atoms with Crippen LogP contribution in [0.2, 0.25) is 0 Å². The van der Waals surface area contributed by atoms with Crippen LogP contribution in [0.25, 0.3) is 0 Å². The predicted octanol–water partition coefficient (Wildman–Crippen LogP) is 6.77. The van der Waals surface area contributed by atoms with Gasteiger partial charge in [-0.15, -0.1) is 0 Å². The Morgan fingerprint density at radius 3 is 1.25 bits per heavy atom. The van der Waals surface area contributed by atoms with Crippen molar-refractivity contribution in [3.05, 3.63) is 179 Å². The number of hydrogen-bond acceptors (Lipinski definition) is 9. The van der Waals surface area contributed by atoms with Gasteiger partial charge >= 0.3 is 11.9 Å². The highest BCUT2D eigenvalue weighted by atomic mass is 16.6. The minimum atomic E-state index is -2.26. The fourth-order valence-electron chi connectivity index (χ4n) is 7.42. The fraction of sp³-hybridized carbons (Fsp3) is 0.319. The van der Waals surface area contributed by atoms with E-state index in [2.05, 4.69) is 10.6 Å². The van der Waals surface area contributed by atoms with Gasteiger partial charge < -0.3 is 19.7 Å². The maximum absolute atomic E-state index is 13.5. The van der Waals surface area contributed by atoms with E-state index in [0.717, 1.165) is 27.8 Å². The maximum Gasteiger partial charge on any atom is 0.323 e. The molecule has 2 saturated heterocycles. The molecule has 2 aliphatic heterocycles. The number of rotatable bonds is 16. The number of nitrogens with zero attached hydrogens (tertiary/aromatic N) is 1. The van der Waals surface area contributed by atoms with Crippen molar-refractivity contribution >= 4 is 11.9 Å². The van der Waals surface area contributed by atoms with Gasteiger partial charge in [0.1, 0.15) is 24.3 Å². The van der Waals surface area contributed by atoms with Crippen molar-refractivity contribution in [1.29, 1.82) is 0 Å². The van der Waals surface area contributed by atoms with Crippen LogP contribution in [0.3, 0.4) is 0 Å². The Morgan fingerprint density at radius 2 is 0.875 bits per heavy atom. The van der Waals surface area contributed by atoms with Gasteiger partial charge in [-0.25, -0.2) is 0 Å². The van der Waals surface area contributed by atoms with Gasteiger partial charge in [0.05, 0.1) is 24.3 Å². The number of benzene rings is 5. The van der Waals surface area contributed by atoms with Crippen LogP contribution in [-0.4, -0.2) is 64.4 Å². The average Bonchev–Trinajstić information content (AvgIpc) is 3.24. The second-order valence-corrected chi connectivity index (χ2v) is 14.3. The fourth-order valence-corrected chi connectivity index (χ4v) is 7.42. The van der Waals surface area contributed by atoms with Crippen LogP contribution in [0.1, 0.15) is 83.2 Å². The van der Waals surface area contributed by atoms with Gasteiger partial charge in [0, 0.05) is 25.1 Å². The van der Waals surface area contributed by atoms with Crippen LogP contribution in [-0.2, 0) is 25.6 Å². The third-order valence-electron chi connectivity index (χ3n) is 10.1. The molecule has 0 bridgehead atoms. The molecule has 9 nitrogen and oxygen atoms in total. The molecule has 0 amide bonds. The van der Waals surface area contributed by atoms with Crippen molar-refractivity contribution in [2.24, 2.45) is 0 Å². The van der Waals surface area contributed by atoms with Crippen molar-refractivity contribution in [2.45, 2.75) is 80.7 Å². The Bertz CT molecular complexity index is 2010. The van der Waals surface area contributed by atoms with E-state index in [4.69, 9.17) is 15.0 Å². The van der Waals surface area contributed by atoms with E-state index in [1.165, 1.54) is 0 Å². The highest BCUT2D eigenvalue weighted by Crippen LogP contribution is 2.38. The van der Waals surface area contributed by atoms with Gasteiger partial charge in [0.2, 0.25) is 0 Å². The molecule has 0 aromatic heterocycles. The number of ether oxygens (including phenoxy) is 2. The van der Waals surface area contributed by atoms with Crippen LogP contribution in [0.5, 0.6) is 0 Å². The number of cyclic esters (lactones) is 2. The summed E-state index contributed by atoms with van der Waals surface area (Å²) in [7, 11) is 0. The number of aliphatic hydroxyl groups is 2. The van der Waals surface area contributed by atoms with Crippen LogP contribution >= 0.6 is 0 Å². The molecule has 2 heterocycles. The van der Waals surface area contributed by atoms with Crippen molar-refractivity contribution in [1.82, 2.24) is 15.5 Å². The summed E-state index contributed by atoms with van der Waals surface area (Å²) in [6.45, 7) is 0.0329. The average molecular weight is 758 g/mol. The van der Waals surface area contributed by atoms with Crippen molar-refractivity contribution in [2.75, 3.05) is 13.1 Å². The molecule has 56 heavy (non-hydrogen) atoms. The van der Waals surface area contributed by atoms with Crippen molar-refractivity contribution in [3.8, 4) is 0 Å². The van der Waals surface area contributed by atoms with Crippen molar-refractivity contribution in [3.63, 3.8) is 0 Å². The summed E-state index contributed by atoms with van der Waals surface area (Å²) in [5.74, 6) is -1.54. The Hall–Kier alpha value is -5.16. The highest BCUT2D eigenvalue weighted by molar-refractivity contribution is 5.77. The van der Waals surface area contributed by atoms with Gasteiger partial charge in [-0.3, -0.25) is 25.1 Å². The molecular formula is C47H51N3O6. The van der Waals surface area contributed by atoms with Gasteiger partial charge in [-0.2, -0.15) is 0 Å². The second kappa shape index (κ2) is 19.1. The molecule has 0 saturated carbocycles. The molecular weight excluding hydrogens is 703 g/mol. The zero-order chi connectivity index (χ0) is 42.3. The van der Waals surface area contributed by atoms with Gasteiger partial charge in [-0.1, -0.05) is 152 Å². The third kappa shape index (κ3) is 10.2. The quantitative estimate of drug-likeness (QED) is 0.0810. The van der Waals surface area contributed by atoms with Crippen LogP contribution < -0.4 is 10.6 Å². The first-order valence-corrected chi connectivity index (χ1v) is 19.1. The first-order valence-electron chi connectivity index (χ1n) is 21.1. The molecule has 4 N–H and O–H groups in total. The Kier molecular flexibility index (Phi) is 11.7. The van der Waals surface area contributed by atoms with Crippen LogP contribution in [0, 0.1) is 0 Å². The standard InChI is InChI=1S/C47H51N3O6/c51-38(26-28-40-46(53)55-44(36-22-12-4-13-23-36)42(48-40)34-18-8-2-9-19-34)31-50(30-33-16-6-1-7-17-33)32-39(52)27-29-41-47(54)56-45(37-24-14-5-15-25-37)43(49-41)35-20-10-3-11-21-35/h1-25,38-45,48-49,51-52H,26-32H2/t38-,39+,40-,41+,42-,43+,44+,45-/i28D2,29D2. The van der Waals surface area contributed by atoms with E-state index in [9.17, 15) is 19.8 Å². The molecule has 0 unspecified atom stereocenters. The van der Waals surface area contributed by atoms with E-state index in [0.29, 0.717) is 0 Å². The number of nitrogens with one attached hydrogen (secondary N) is 2. The summed E-state index contributed by atoms with van der Waals surface area (Å²) in [4.78, 5) is 28.8. The lowest BCUT2D eigenvalue weighted by molar-refractivity contribution is -0.162. The van der Waals surface area contributed by atoms with Gasteiger partial charge in [0.25, 0.3) is 0 Å². The zero-order valence-corrected chi connectivity index (χ0v) is 31.1. The first kappa shape index (κ1) is 34.1. The Morgan fingerprint density at radius 1 is 0.536 bits per heavy atom. The highest BCUT2D eigenvalue weighted by Gasteiger charge is 2.40. The van der Waals surface area contributed by atoms with Crippen molar-refractivity contribution < 1.29 is 34.8 Å². The normalized spacial score (nSPS) is 25.1. The number of carbonyl (C=O) groups excluding carboxylic acids is 2. The maximum atomic E-state index is 13.5. The SMILES string of the molecule is [2H]C([2H])(C[C@H](O)CN(Cc1ccccc1)C[C@H](O)CC([2H])([2H])[C@H]1N[C@H](c2ccccc2)[C@H](c2ccccc2)OC1=O)[C@@H]1N[C@@H](c2ccccc2)[C@@H](c2ccccc2)OC1=O. The van der Waals surface area contributed by atoms with E-state index in [-0.39, 0.29) is 19.6 Å². The third-order valence-corrected chi connectivity index (χ3v) is 10.1. The smallest absolute Gasteiger partial charge is 0.323 e. The summed E-state index contributed by atoms with van der Waals surface area (Å²) in [5, 5.41) is 29.5. The molecule has 2 fully saturated rings. The first-order chi connectivity index (χ1) is 28.9. The summed E-state index contributed by atoms with van der Waals surface area (Å²) < 4.78 is 48.3. The molecule has 5 aromatic rings. The number of carbonyl (C=O) groups is 2. The molecule has 0 radical (unpaired) electrons. The number of aliphatic hydroxyl groups excluding tert-OH is 2.